The van der Waals surface area contributed by atoms with Crippen LogP contribution in [0.25, 0.3) is 0 Å². The molecular weight excluding hydrogens is 234 g/mol. The molecule has 1 rings (SSSR count). The number of likely N-dealkylation sites (N-methyl/N-ethyl adjacent to an activating group) is 1. The van der Waals surface area contributed by atoms with Crippen LogP contribution in [0.2, 0.25) is 0 Å². The van der Waals surface area contributed by atoms with Gasteiger partial charge in [0.25, 0.3) is 0 Å². The Bertz CT molecular complexity index is 405. The zero-order chi connectivity index (χ0) is 13.9. The van der Waals surface area contributed by atoms with Gasteiger partial charge in [-0.15, -0.1) is 0 Å². The fraction of sp³-hybridized carbons (Fsp3) is 0.571. The van der Waals surface area contributed by atoms with Crippen LogP contribution in [-0.4, -0.2) is 24.0 Å². The molecule has 2 N–H and O–H groups in total. The molecule has 0 fully saturated rings. The fourth-order valence-corrected chi connectivity index (χ4v) is 1.94. The van der Waals surface area contributed by atoms with Crippen molar-refractivity contribution in [2.75, 3.05) is 13.6 Å². The van der Waals surface area contributed by atoms with Gasteiger partial charge < -0.3 is 5.73 Å². The first-order valence-corrected chi connectivity index (χ1v) is 6.22. The molecule has 0 aliphatic rings. The molecule has 0 heterocycles. The molecule has 0 saturated carbocycles. The van der Waals surface area contributed by atoms with E-state index < -0.39 is 11.6 Å². The molecule has 0 aliphatic heterocycles. The topological polar surface area (TPSA) is 29.3 Å². The molecule has 0 aromatic heterocycles. The maximum Gasteiger partial charge on any atom is 0.163 e. The molecular formula is C14H22F2N2. The number of rotatable bonds is 5. The van der Waals surface area contributed by atoms with Crippen molar-refractivity contribution in [2.45, 2.75) is 38.8 Å². The minimum Gasteiger partial charge on any atom is -0.329 e. The van der Waals surface area contributed by atoms with E-state index in [1.54, 1.807) is 6.07 Å². The van der Waals surface area contributed by atoms with E-state index in [4.69, 9.17) is 5.73 Å². The number of nitrogens with two attached hydrogens (primary N) is 1. The van der Waals surface area contributed by atoms with Gasteiger partial charge in [-0.1, -0.05) is 19.1 Å². The standard InChI is InChI=1S/C14H22F2N2/c1-5-14(2,3)18(4)12(9-17)10-7-6-8-11(15)13(10)16/h6-8,12H,5,9,17H2,1-4H3. The molecule has 1 aromatic carbocycles. The maximum absolute atomic E-state index is 13.8. The Morgan fingerprint density at radius 3 is 2.44 bits per heavy atom. The zero-order valence-corrected chi connectivity index (χ0v) is 11.5. The van der Waals surface area contributed by atoms with Crippen molar-refractivity contribution in [3.8, 4) is 0 Å². The van der Waals surface area contributed by atoms with Gasteiger partial charge in [0.05, 0.1) is 6.04 Å². The quantitative estimate of drug-likeness (QED) is 0.877. The highest BCUT2D eigenvalue weighted by Gasteiger charge is 2.30. The summed E-state index contributed by atoms with van der Waals surface area (Å²) >= 11 is 0. The Hall–Kier alpha value is -1.00. The predicted octanol–water partition coefficient (Wildman–Crippen LogP) is 3.09. The average molecular weight is 256 g/mol. The molecule has 0 bridgehead atoms. The molecule has 0 radical (unpaired) electrons. The first kappa shape index (κ1) is 15.1. The van der Waals surface area contributed by atoms with Crippen LogP contribution in [0.3, 0.4) is 0 Å². The summed E-state index contributed by atoms with van der Waals surface area (Å²) in [6.07, 6.45) is 0.900. The number of benzene rings is 1. The molecule has 1 unspecified atom stereocenters. The van der Waals surface area contributed by atoms with E-state index >= 15 is 0 Å². The summed E-state index contributed by atoms with van der Waals surface area (Å²) < 4.78 is 27.1. The number of hydrogen-bond acceptors (Lipinski definition) is 2. The summed E-state index contributed by atoms with van der Waals surface area (Å²) in [5, 5.41) is 0. The summed E-state index contributed by atoms with van der Waals surface area (Å²) in [7, 11) is 1.89. The second-order valence-electron chi connectivity index (χ2n) is 5.17. The summed E-state index contributed by atoms with van der Waals surface area (Å²) in [5.74, 6) is -1.62. The average Bonchev–Trinajstić information content (AvgIpc) is 2.35. The molecule has 1 aromatic rings. The third-order valence-electron chi connectivity index (χ3n) is 3.85. The third-order valence-corrected chi connectivity index (χ3v) is 3.85. The van der Waals surface area contributed by atoms with Crippen LogP contribution in [0.5, 0.6) is 0 Å². The molecule has 0 aliphatic carbocycles. The lowest BCUT2D eigenvalue weighted by atomic mass is 9.94. The molecule has 102 valence electrons. The van der Waals surface area contributed by atoms with E-state index in [-0.39, 0.29) is 18.1 Å². The van der Waals surface area contributed by atoms with Crippen molar-refractivity contribution >= 4 is 0 Å². The lowest BCUT2D eigenvalue weighted by molar-refractivity contribution is 0.0981. The summed E-state index contributed by atoms with van der Waals surface area (Å²) in [4.78, 5) is 2.00. The van der Waals surface area contributed by atoms with Gasteiger partial charge in [-0.25, -0.2) is 8.78 Å². The zero-order valence-electron chi connectivity index (χ0n) is 11.5. The van der Waals surface area contributed by atoms with Crippen LogP contribution in [0.15, 0.2) is 18.2 Å². The van der Waals surface area contributed by atoms with E-state index in [1.165, 1.54) is 6.07 Å². The highest BCUT2D eigenvalue weighted by atomic mass is 19.2. The summed E-state index contributed by atoms with van der Waals surface area (Å²) in [6, 6.07) is 3.91. The second kappa shape index (κ2) is 5.76. The van der Waals surface area contributed by atoms with Crippen molar-refractivity contribution in [1.29, 1.82) is 0 Å². The fourth-order valence-electron chi connectivity index (χ4n) is 1.94. The van der Waals surface area contributed by atoms with Crippen molar-refractivity contribution in [3.05, 3.63) is 35.4 Å². The van der Waals surface area contributed by atoms with Gasteiger partial charge in [-0.05, 0) is 33.4 Å². The Morgan fingerprint density at radius 1 is 1.33 bits per heavy atom. The largest absolute Gasteiger partial charge is 0.329 e. The van der Waals surface area contributed by atoms with Gasteiger partial charge in [0, 0.05) is 17.6 Å². The van der Waals surface area contributed by atoms with Crippen molar-refractivity contribution < 1.29 is 8.78 Å². The van der Waals surface area contributed by atoms with Crippen LogP contribution in [0, 0.1) is 11.6 Å². The highest BCUT2D eigenvalue weighted by molar-refractivity contribution is 5.23. The molecule has 2 nitrogen and oxygen atoms in total. The molecule has 0 saturated heterocycles. The molecule has 18 heavy (non-hydrogen) atoms. The van der Waals surface area contributed by atoms with E-state index in [9.17, 15) is 8.78 Å². The summed E-state index contributed by atoms with van der Waals surface area (Å²) in [6.45, 7) is 6.44. The first-order chi connectivity index (χ1) is 8.35. The SMILES string of the molecule is CCC(C)(C)N(C)C(CN)c1cccc(F)c1F. The van der Waals surface area contributed by atoms with E-state index in [0.29, 0.717) is 5.56 Å². The van der Waals surface area contributed by atoms with Gasteiger partial charge in [-0.2, -0.15) is 0 Å². The number of nitrogens with zero attached hydrogens (tertiary/aromatic N) is 1. The lowest BCUT2D eigenvalue weighted by Gasteiger charge is -2.40. The van der Waals surface area contributed by atoms with Gasteiger partial charge in [-0.3, -0.25) is 4.90 Å². The monoisotopic (exact) mass is 256 g/mol. The van der Waals surface area contributed by atoms with Crippen LogP contribution in [0.1, 0.15) is 38.8 Å². The van der Waals surface area contributed by atoms with E-state index in [1.807, 2.05) is 11.9 Å². The number of hydrogen-bond donors (Lipinski definition) is 1. The van der Waals surface area contributed by atoms with E-state index in [2.05, 4.69) is 20.8 Å². The second-order valence-corrected chi connectivity index (χ2v) is 5.17. The minimum atomic E-state index is -0.825. The van der Waals surface area contributed by atoms with E-state index in [0.717, 1.165) is 12.5 Å². The number of halogens is 2. The normalized spacial score (nSPS) is 14.0. The van der Waals surface area contributed by atoms with Crippen molar-refractivity contribution in [2.24, 2.45) is 5.73 Å². The van der Waals surface area contributed by atoms with Crippen molar-refractivity contribution in [3.63, 3.8) is 0 Å². The molecule has 0 spiro atoms. The Labute approximate surface area is 108 Å². The smallest absolute Gasteiger partial charge is 0.163 e. The predicted molar refractivity (Wildman–Crippen MR) is 70.3 cm³/mol. The van der Waals surface area contributed by atoms with Gasteiger partial charge >= 0.3 is 0 Å². The molecule has 4 heteroatoms. The Morgan fingerprint density at radius 2 is 1.94 bits per heavy atom. The van der Waals surface area contributed by atoms with Crippen LogP contribution in [0.4, 0.5) is 8.78 Å². The molecule has 0 amide bonds. The van der Waals surface area contributed by atoms with Gasteiger partial charge in [0.2, 0.25) is 0 Å². The van der Waals surface area contributed by atoms with Crippen molar-refractivity contribution in [1.82, 2.24) is 4.90 Å². The maximum atomic E-state index is 13.8. The van der Waals surface area contributed by atoms with Crippen LogP contribution < -0.4 is 5.73 Å². The Kier molecular flexibility index (Phi) is 4.82. The summed E-state index contributed by atoms with van der Waals surface area (Å²) in [5.41, 5.74) is 5.94. The highest BCUT2D eigenvalue weighted by Crippen LogP contribution is 2.30. The van der Waals surface area contributed by atoms with Crippen LogP contribution in [-0.2, 0) is 0 Å². The lowest BCUT2D eigenvalue weighted by Crippen LogP contribution is -2.45. The van der Waals surface area contributed by atoms with Gasteiger partial charge in [0.1, 0.15) is 0 Å². The Balaban J connectivity index is 3.14. The van der Waals surface area contributed by atoms with Gasteiger partial charge in [0.15, 0.2) is 11.6 Å². The molecule has 1 atom stereocenters. The third kappa shape index (κ3) is 2.87. The minimum absolute atomic E-state index is 0.122. The first-order valence-electron chi connectivity index (χ1n) is 6.22. The van der Waals surface area contributed by atoms with Crippen LogP contribution >= 0.6 is 0 Å².